The standard InChI is InChI=1S/C26H27N9O3/c1-27-16-9-10-22-33-26(34-35(22)15-16)19-14-30-25(28-2)18-13-29-21(12-17(18)19)31-20-6-4-7-23(32-20)38-11-5-8-24(36)37-3/h4,6-7,9-10,12-15,27H,5,8,11H2,1-3H3,(H,28,30)(H,29,31,32). The molecule has 38 heavy (non-hydrogen) atoms. The fourth-order valence-corrected chi connectivity index (χ4v) is 3.92. The number of nitrogens with zero attached hydrogens (tertiary/aromatic N) is 6. The van der Waals surface area contributed by atoms with E-state index in [0.717, 1.165) is 27.7 Å². The molecule has 0 spiro atoms. The molecular weight excluding hydrogens is 486 g/mol. The van der Waals surface area contributed by atoms with Crippen LogP contribution in [0, 0.1) is 0 Å². The van der Waals surface area contributed by atoms with E-state index in [1.165, 1.54) is 7.11 Å². The lowest BCUT2D eigenvalue weighted by molar-refractivity contribution is -0.140. The number of ether oxygens (including phenoxy) is 2. The SMILES string of the molecule is CNc1ccc2nc(-c3cnc(NC)c4cnc(Nc5cccc(OCCCC(=O)OC)n5)cc34)nn2c1. The molecule has 5 aromatic rings. The average Bonchev–Trinajstić information content (AvgIpc) is 3.37. The van der Waals surface area contributed by atoms with Crippen molar-refractivity contribution in [3.63, 3.8) is 0 Å². The van der Waals surface area contributed by atoms with Gasteiger partial charge in [0.05, 0.1) is 25.6 Å². The highest BCUT2D eigenvalue weighted by Crippen LogP contribution is 2.32. The molecule has 0 saturated heterocycles. The lowest BCUT2D eigenvalue weighted by Gasteiger charge is -2.11. The first-order chi connectivity index (χ1) is 18.6. The molecule has 3 N–H and O–H groups in total. The number of pyridine rings is 4. The summed E-state index contributed by atoms with van der Waals surface area (Å²) >= 11 is 0. The van der Waals surface area contributed by atoms with E-state index in [1.807, 2.05) is 50.6 Å². The molecule has 0 aliphatic heterocycles. The summed E-state index contributed by atoms with van der Waals surface area (Å²) in [6, 6.07) is 11.2. The van der Waals surface area contributed by atoms with Crippen LogP contribution in [0.5, 0.6) is 5.88 Å². The van der Waals surface area contributed by atoms with Gasteiger partial charge in [0.1, 0.15) is 17.5 Å². The van der Waals surface area contributed by atoms with E-state index in [0.29, 0.717) is 48.6 Å². The Morgan fingerprint density at radius 3 is 2.71 bits per heavy atom. The zero-order valence-corrected chi connectivity index (χ0v) is 21.2. The second kappa shape index (κ2) is 10.9. The third-order valence-electron chi connectivity index (χ3n) is 5.85. The van der Waals surface area contributed by atoms with Gasteiger partial charge in [-0.25, -0.2) is 19.5 Å². The molecule has 5 rings (SSSR count). The van der Waals surface area contributed by atoms with Gasteiger partial charge in [0.2, 0.25) is 5.88 Å². The molecule has 0 aliphatic rings. The van der Waals surface area contributed by atoms with Gasteiger partial charge in [-0.3, -0.25) is 4.79 Å². The van der Waals surface area contributed by atoms with Gasteiger partial charge in [-0.15, -0.1) is 5.10 Å². The third-order valence-corrected chi connectivity index (χ3v) is 5.85. The van der Waals surface area contributed by atoms with Gasteiger partial charge in [-0.2, -0.15) is 4.98 Å². The number of hydrogen-bond donors (Lipinski definition) is 3. The van der Waals surface area contributed by atoms with Crippen LogP contribution in [0.4, 0.5) is 23.1 Å². The number of carbonyl (C=O) groups excluding carboxylic acids is 1. The molecule has 5 heterocycles. The van der Waals surface area contributed by atoms with Crippen molar-refractivity contribution in [1.29, 1.82) is 0 Å². The van der Waals surface area contributed by atoms with Crippen molar-refractivity contribution in [1.82, 2.24) is 29.5 Å². The zero-order chi connectivity index (χ0) is 26.5. The van der Waals surface area contributed by atoms with E-state index in [4.69, 9.17) is 9.72 Å². The predicted octanol–water partition coefficient (Wildman–Crippen LogP) is 3.89. The fraction of sp³-hybridized carbons (Fsp3) is 0.231. The molecule has 194 valence electrons. The second-order valence-corrected chi connectivity index (χ2v) is 8.31. The summed E-state index contributed by atoms with van der Waals surface area (Å²) in [6.45, 7) is 0.352. The Bertz CT molecular complexity index is 1600. The third kappa shape index (κ3) is 5.24. The van der Waals surface area contributed by atoms with Gasteiger partial charge in [0.15, 0.2) is 11.5 Å². The van der Waals surface area contributed by atoms with Crippen molar-refractivity contribution >= 4 is 45.5 Å². The number of fused-ring (bicyclic) bond motifs is 2. The quantitative estimate of drug-likeness (QED) is 0.185. The van der Waals surface area contributed by atoms with Crippen molar-refractivity contribution in [2.24, 2.45) is 0 Å². The second-order valence-electron chi connectivity index (χ2n) is 8.31. The first kappa shape index (κ1) is 24.7. The zero-order valence-electron chi connectivity index (χ0n) is 21.2. The molecule has 0 aliphatic carbocycles. The van der Waals surface area contributed by atoms with Crippen LogP contribution in [0.2, 0.25) is 0 Å². The minimum atomic E-state index is -0.267. The van der Waals surface area contributed by atoms with Crippen molar-refractivity contribution in [3.05, 3.63) is 55.0 Å². The maximum Gasteiger partial charge on any atom is 0.305 e. The molecule has 5 aromatic heterocycles. The summed E-state index contributed by atoms with van der Waals surface area (Å²) in [5.74, 6) is 2.58. The van der Waals surface area contributed by atoms with E-state index >= 15 is 0 Å². The fourth-order valence-electron chi connectivity index (χ4n) is 3.92. The Hall–Kier alpha value is -5.00. The van der Waals surface area contributed by atoms with Crippen molar-refractivity contribution in [2.45, 2.75) is 12.8 Å². The Labute approximate surface area is 218 Å². The van der Waals surface area contributed by atoms with Gasteiger partial charge in [0, 0.05) is 55.3 Å². The molecule has 0 bridgehead atoms. The van der Waals surface area contributed by atoms with Crippen LogP contribution in [0.1, 0.15) is 12.8 Å². The van der Waals surface area contributed by atoms with E-state index in [1.54, 1.807) is 23.0 Å². The normalized spacial score (nSPS) is 10.9. The number of carbonyl (C=O) groups is 1. The van der Waals surface area contributed by atoms with Crippen molar-refractivity contribution in [3.8, 4) is 17.3 Å². The Morgan fingerprint density at radius 2 is 1.89 bits per heavy atom. The van der Waals surface area contributed by atoms with Crippen LogP contribution < -0.4 is 20.7 Å². The molecule has 0 unspecified atom stereocenters. The number of rotatable bonds is 10. The first-order valence-corrected chi connectivity index (χ1v) is 12.0. The van der Waals surface area contributed by atoms with E-state index in [9.17, 15) is 4.79 Å². The molecule has 12 nitrogen and oxygen atoms in total. The Morgan fingerprint density at radius 1 is 1.00 bits per heavy atom. The monoisotopic (exact) mass is 513 g/mol. The van der Waals surface area contributed by atoms with Gasteiger partial charge in [-0.1, -0.05) is 6.07 Å². The van der Waals surface area contributed by atoms with Crippen LogP contribution in [0.25, 0.3) is 27.8 Å². The Kier molecular flexibility index (Phi) is 7.11. The molecule has 0 aromatic carbocycles. The van der Waals surface area contributed by atoms with Crippen LogP contribution in [0.3, 0.4) is 0 Å². The molecule has 0 fully saturated rings. The number of anilines is 4. The summed E-state index contributed by atoms with van der Waals surface area (Å²) in [5, 5.41) is 15.9. The smallest absolute Gasteiger partial charge is 0.305 e. The number of hydrogen-bond acceptors (Lipinski definition) is 11. The van der Waals surface area contributed by atoms with Crippen molar-refractivity contribution in [2.75, 3.05) is 43.8 Å². The number of esters is 1. The lowest BCUT2D eigenvalue weighted by atomic mass is 10.1. The largest absolute Gasteiger partial charge is 0.478 e. The number of nitrogens with one attached hydrogen (secondary N) is 3. The van der Waals surface area contributed by atoms with Gasteiger partial charge in [0.25, 0.3) is 0 Å². The van der Waals surface area contributed by atoms with Gasteiger partial charge >= 0.3 is 5.97 Å². The summed E-state index contributed by atoms with van der Waals surface area (Å²) in [6.07, 6.45) is 6.22. The van der Waals surface area contributed by atoms with Crippen LogP contribution in [-0.4, -0.2) is 63.3 Å². The molecule has 0 radical (unpaired) electrons. The highest BCUT2D eigenvalue weighted by atomic mass is 16.5. The van der Waals surface area contributed by atoms with Gasteiger partial charge < -0.3 is 25.4 Å². The van der Waals surface area contributed by atoms with Crippen LogP contribution in [0.15, 0.2) is 55.0 Å². The van der Waals surface area contributed by atoms with Crippen LogP contribution in [-0.2, 0) is 9.53 Å². The molecular formula is C26H27N9O3. The minimum Gasteiger partial charge on any atom is -0.478 e. The van der Waals surface area contributed by atoms with E-state index in [2.05, 4.69) is 40.7 Å². The molecule has 12 heteroatoms. The minimum absolute atomic E-state index is 0.267. The lowest BCUT2D eigenvalue weighted by Crippen LogP contribution is -2.05. The average molecular weight is 514 g/mol. The highest BCUT2D eigenvalue weighted by Gasteiger charge is 2.15. The molecule has 0 amide bonds. The first-order valence-electron chi connectivity index (χ1n) is 12.0. The van der Waals surface area contributed by atoms with Crippen molar-refractivity contribution < 1.29 is 14.3 Å². The maximum absolute atomic E-state index is 11.3. The van der Waals surface area contributed by atoms with E-state index in [-0.39, 0.29) is 5.97 Å². The maximum atomic E-state index is 11.3. The molecule has 0 atom stereocenters. The predicted molar refractivity (Wildman–Crippen MR) is 145 cm³/mol. The molecule has 0 saturated carbocycles. The van der Waals surface area contributed by atoms with E-state index < -0.39 is 0 Å². The number of aromatic nitrogens is 6. The highest BCUT2D eigenvalue weighted by molar-refractivity contribution is 6.01. The summed E-state index contributed by atoms with van der Waals surface area (Å²) in [7, 11) is 5.04. The topological polar surface area (TPSA) is 140 Å². The summed E-state index contributed by atoms with van der Waals surface area (Å²) in [4.78, 5) is 29.6. The Balaban J connectivity index is 1.43. The number of methoxy groups -OCH3 is 1. The summed E-state index contributed by atoms with van der Waals surface area (Å²) in [5.41, 5.74) is 2.43. The van der Waals surface area contributed by atoms with Gasteiger partial charge in [-0.05, 0) is 30.7 Å². The summed E-state index contributed by atoms with van der Waals surface area (Å²) < 4.78 is 12.1. The van der Waals surface area contributed by atoms with Crippen LogP contribution >= 0.6 is 0 Å².